The normalized spacial score (nSPS) is 27.6. The number of rotatable bonds is 3. The second-order valence-corrected chi connectivity index (χ2v) is 6.23. The summed E-state index contributed by atoms with van der Waals surface area (Å²) in [7, 11) is 0. The van der Waals surface area contributed by atoms with E-state index in [0.717, 1.165) is 39.1 Å². The van der Waals surface area contributed by atoms with Crippen LogP contribution in [0.2, 0.25) is 0 Å². The molecule has 3 aliphatic heterocycles. The molecule has 0 aromatic rings. The molecule has 3 heterocycles. The van der Waals surface area contributed by atoms with Crippen LogP contribution in [0.25, 0.3) is 0 Å². The van der Waals surface area contributed by atoms with E-state index in [0.29, 0.717) is 24.4 Å². The summed E-state index contributed by atoms with van der Waals surface area (Å²) in [4.78, 5) is 19.0. The van der Waals surface area contributed by atoms with Crippen LogP contribution in [0.1, 0.15) is 26.2 Å². The van der Waals surface area contributed by atoms with Crippen molar-refractivity contribution in [1.29, 1.82) is 0 Å². The third-order valence-electron chi connectivity index (χ3n) is 5.12. The van der Waals surface area contributed by atoms with Gasteiger partial charge in [-0.2, -0.15) is 0 Å². The van der Waals surface area contributed by atoms with E-state index in [-0.39, 0.29) is 0 Å². The number of piperazine rings is 1. The van der Waals surface area contributed by atoms with Crippen LogP contribution >= 0.6 is 0 Å². The van der Waals surface area contributed by atoms with Crippen molar-refractivity contribution in [3.05, 3.63) is 0 Å². The van der Waals surface area contributed by atoms with Crippen LogP contribution in [-0.4, -0.2) is 85.2 Å². The van der Waals surface area contributed by atoms with Crippen LogP contribution in [0, 0.1) is 0 Å². The van der Waals surface area contributed by atoms with E-state index in [2.05, 4.69) is 9.80 Å². The first-order chi connectivity index (χ1) is 9.78. The third kappa shape index (κ3) is 3.00. The van der Waals surface area contributed by atoms with Crippen molar-refractivity contribution in [2.24, 2.45) is 0 Å². The molecule has 0 spiro atoms. The molecule has 0 N–H and O–H groups in total. The minimum absolute atomic E-state index is 0.318. The number of likely N-dealkylation sites (tertiary alicyclic amines) is 1. The summed E-state index contributed by atoms with van der Waals surface area (Å²) in [5.41, 5.74) is 0. The number of nitrogens with zero attached hydrogens (tertiary/aromatic N) is 3. The fourth-order valence-electron chi connectivity index (χ4n) is 3.61. The van der Waals surface area contributed by atoms with Gasteiger partial charge >= 0.3 is 0 Å². The predicted molar refractivity (Wildman–Crippen MR) is 77.6 cm³/mol. The van der Waals surface area contributed by atoms with Crippen molar-refractivity contribution in [1.82, 2.24) is 14.7 Å². The summed E-state index contributed by atoms with van der Waals surface area (Å²) in [5, 5.41) is 0. The molecule has 0 aromatic carbocycles. The molecule has 0 aliphatic carbocycles. The van der Waals surface area contributed by atoms with Crippen LogP contribution in [0.3, 0.4) is 0 Å². The number of hydrogen-bond acceptors (Lipinski definition) is 4. The molecule has 0 aromatic heterocycles. The lowest BCUT2D eigenvalue weighted by atomic mass is 10.0. The predicted octanol–water partition coefficient (Wildman–Crippen LogP) is 0.404. The molecule has 5 heteroatoms. The average molecular weight is 281 g/mol. The van der Waals surface area contributed by atoms with Gasteiger partial charge in [-0.3, -0.25) is 14.6 Å². The first-order valence-electron chi connectivity index (χ1n) is 8.11. The van der Waals surface area contributed by atoms with Gasteiger partial charge in [0, 0.05) is 51.7 Å². The van der Waals surface area contributed by atoms with Crippen LogP contribution in [0.4, 0.5) is 0 Å². The lowest BCUT2D eigenvalue weighted by molar-refractivity contribution is -0.132. The Morgan fingerprint density at radius 2 is 1.50 bits per heavy atom. The van der Waals surface area contributed by atoms with Gasteiger partial charge in [0.2, 0.25) is 5.91 Å². The monoisotopic (exact) mass is 281 g/mol. The zero-order valence-electron chi connectivity index (χ0n) is 12.6. The Labute approximate surface area is 121 Å². The Bertz CT molecular complexity index is 330. The van der Waals surface area contributed by atoms with Crippen LogP contribution in [0.15, 0.2) is 0 Å². The van der Waals surface area contributed by atoms with Crippen LogP contribution in [0.5, 0.6) is 0 Å². The molecule has 3 fully saturated rings. The van der Waals surface area contributed by atoms with Gasteiger partial charge < -0.3 is 9.64 Å². The molecule has 3 saturated heterocycles. The molecular weight excluding hydrogens is 254 g/mol. The van der Waals surface area contributed by atoms with E-state index in [1.807, 2.05) is 11.8 Å². The molecule has 114 valence electrons. The van der Waals surface area contributed by atoms with Gasteiger partial charge in [-0.1, -0.05) is 6.92 Å². The lowest BCUT2D eigenvalue weighted by Crippen LogP contribution is -2.59. The van der Waals surface area contributed by atoms with Crippen molar-refractivity contribution < 1.29 is 9.53 Å². The Kier molecular flexibility index (Phi) is 4.58. The molecule has 3 rings (SSSR count). The van der Waals surface area contributed by atoms with Gasteiger partial charge in [-0.15, -0.1) is 0 Å². The highest BCUT2D eigenvalue weighted by Gasteiger charge is 2.32. The van der Waals surface area contributed by atoms with Crippen molar-refractivity contribution in [2.45, 2.75) is 38.3 Å². The Morgan fingerprint density at radius 3 is 1.95 bits per heavy atom. The highest BCUT2D eigenvalue weighted by Crippen LogP contribution is 2.20. The van der Waals surface area contributed by atoms with Gasteiger partial charge in [0.05, 0.1) is 19.3 Å². The molecule has 5 nitrogen and oxygen atoms in total. The number of hydrogen-bond donors (Lipinski definition) is 0. The molecule has 0 atom stereocenters. The fraction of sp³-hybridized carbons (Fsp3) is 0.933. The number of amides is 1. The molecule has 0 unspecified atom stereocenters. The first kappa shape index (κ1) is 14.3. The van der Waals surface area contributed by atoms with Gasteiger partial charge in [0.15, 0.2) is 0 Å². The summed E-state index contributed by atoms with van der Waals surface area (Å²) in [6, 6.07) is 1.37. The van der Waals surface area contributed by atoms with E-state index >= 15 is 0 Å². The Balaban J connectivity index is 1.42. The molecule has 20 heavy (non-hydrogen) atoms. The van der Waals surface area contributed by atoms with Crippen molar-refractivity contribution in [3.63, 3.8) is 0 Å². The van der Waals surface area contributed by atoms with Gasteiger partial charge in [-0.05, 0) is 12.8 Å². The second kappa shape index (κ2) is 6.41. The molecule has 3 aliphatic rings. The first-order valence-corrected chi connectivity index (χ1v) is 8.11. The zero-order chi connectivity index (χ0) is 13.9. The van der Waals surface area contributed by atoms with E-state index in [9.17, 15) is 4.79 Å². The molecular formula is C15H27N3O2. The average Bonchev–Trinajstić information content (AvgIpc) is 2.46. The fourth-order valence-corrected chi connectivity index (χ4v) is 3.61. The number of piperidine rings is 1. The van der Waals surface area contributed by atoms with E-state index in [4.69, 9.17) is 4.74 Å². The number of ether oxygens (including phenoxy) is 1. The van der Waals surface area contributed by atoms with E-state index < -0.39 is 0 Å². The third-order valence-corrected chi connectivity index (χ3v) is 5.12. The zero-order valence-corrected chi connectivity index (χ0v) is 12.6. The topological polar surface area (TPSA) is 36.0 Å². The van der Waals surface area contributed by atoms with E-state index in [1.54, 1.807) is 0 Å². The second-order valence-electron chi connectivity index (χ2n) is 6.23. The van der Waals surface area contributed by atoms with Crippen molar-refractivity contribution in [2.75, 3.05) is 52.5 Å². The SMILES string of the molecule is CCC(=O)N1CCC(N2CCN(C3COC3)CC2)CC1. The molecule has 1 amide bonds. The highest BCUT2D eigenvalue weighted by molar-refractivity contribution is 5.75. The largest absolute Gasteiger partial charge is 0.378 e. The van der Waals surface area contributed by atoms with Crippen molar-refractivity contribution >= 4 is 5.91 Å². The Morgan fingerprint density at radius 1 is 0.950 bits per heavy atom. The van der Waals surface area contributed by atoms with Gasteiger partial charge in [0.25, 0.3) is 0 Å². The van der Waals surface area contributed by atoms with Gasteiger partial charge in [-0.25, -0.2) is 0 Å². The van der Waals surface area contributed by atoms with Gasteiger partial charge in [0.1, 0.15) is 0 Å². The summed E-state index contributed by atoms with van der Waals surface area (Å²) >= 11 is 0. The molecule has 0 radical (unpaired) electrons. The maximum Gasteiger partial charge on any atom is 0.222 e. The molecule has 0 saturated carbocycles. The van der Waals surface area contributed by atoms with Crippen LogP contribution < -0.4 is 0 Å². The maximum atomic E-state index is 11.7. The minimum atomic E-state index is 0.318. The number of carbonyl (C=O) groups excluding carboxylic acids is 1. The highest BCUT2D eigenvalue weighted by atomic mass is 16.5. The van der Waals surface area contributed by atoms with Crippen molar-refractivity contribution in [3.8, 4) is 0 Å². The summed E-state index contributed by atoms with van der Waals surface area (Å²) in [6.07, 6.45) is 2.95. The lowest BCUT2D eigenvalue weighted by Gasteiger charge is -2.46. The van der Waals surface area contributed by atoms with E-state index in [1.165, 1.54) is 26.2 Å². The summed E-state index contributed by atoms with van der Waals surface area (Å²) < 4.78 is 5.28. The summed E-state index contributed by atoms with van der Waals surface area (Å²) in [6.45, 7) is 10.4. The smallest absolute Gasteiger partial charge is 0.222 e. The van der Waals surface area contributed by atoms with Crippen LogP contribution in [-0.2, 0) is 9.53 Å². The minimum Gasteiger partial charge on any atom is -0.378 e. The quantitative estimate of drug-likeness (QED) is 0.750. The summed E-state index contributed by atoms with van der Waals surface area (Å²) in [5.74, 6) is 0.318. The molecule has 0 bridgehead atoms. The Hall–Kier alpha value is -0.650. The number of carbonyl (C=O) groups is 1. The maximum absolute atomic E-state index is 11.7. The standard InChI is InChI=1S/C15H27N3O2/c1-2-15(19)18-5-3-13(4-6-18)16-7-9-17(10-8-16)14-11-20-12-14/h13-14H,2-12H2,1H3.